The number of piperazine rings is 1. The van der Waals surface area contributed by atoms with Crippen molar-refractivity contribution in [2.24, 2.45) is 0 Å². The normalized spacial score (nSPS) is 14.9. The van der Waals surface area contributed by atoms with E-state index in [1.54, 1.807) is 17.3 Å². The Bertz CT molecular complexity index is 789. The fourth-order valence-electron chi connectivity index (χ4n) is 3.00. The first-order valence-corrected chi connectivity index (χ1v) is 8.31. The molecule has 136 valence electrons. The SMILES string of the molecule is COc1ccc([N+](=O)[O-])cc1C(=O)N1CCN(Cc2ccncc2)CC1. The Morgan fingerprint density at radius 1 is 1.19 bits per heavy atom. The summed E-state index contributed by atoms with van der Waals surface area (Å²) in [7, 11) is 1.45. The molecule has 1 aromatic heterocycles. The van der Waals surface area contributed by atoms with Crippen LogP contribution in [-0.4, -0.2) is 58.9 Å². The number of carbonyl (C=O) groups is 1. The summed E-state index contributed by atoms with van der Waals surface area (Å²) in [5.74, 6) is 0.105. The average molecular weight is 356 g/mol. The van der Waals surface area contributed by atoms with Crippen molar-refractivity contribution in [1.29, 1.82) is 0 Å². The molecule has 8 nitrogen and oxygen atoms in total. The lowest BCUT2D eigenvalue weighted by Gasteiger charge is -2.35. The number of carbonyl (C=O) groups excluding carboxylic acids is 1. The molecular formula is C18H20N4O4. The van der Waals surface area contributed by atoms with Gasteiger partial charge in [-0.3, -0.25) is 24.8 Å². The van der Waals surface area contributed by atoms with Crippen LogP contribution in [0.2, 0.25) is 0 Å². The molecular weight excluding hydrogens is 336 g/mol. The van der Waals surface area contributed by atoms with Gasteiger partial charge >= 0.3 is 0 Å². The molecule has 1 amide bonds. The summed E-state index contributed by atoms with van der Waals surface area (Å²) in [6.07, 6.45) is 3.54. The second-order valence-corrected chi connectivity index (χ2v) is 6.07. The topological polar surface area (TPSA) is 88.8 Å². The zero-order valence-corrected chi connectivity index (χ0v) is 14.5. The largest absolute Gasteiger partial charge is 0.496 e. The van der Waals surface area contributed by atoms with Crippen LogP contribution in [0.5, 0.6) is 5.75 Å². The maximum absolute atomic E-state index is 12.8. The van der Waals surface area contributed by atoms with E-state index in [4.69, 9.17) is 4.74 Å². The molecule has 0 saturated carbocycles. The van der Waals surface area contributed by atoms with Crippen molar-refractivity contribution in [3.8, 4) is 5.75 Å². The van der Waals surface area contributed by atoms with Crippen LogP contribution in [0, 0.1) is 10.1 Å². The van der Waals surface area contributed by atoms with Gasteiger partial charge in [-0.15, -0.1) is 0 Å². The second kappa shape index (κ2) is 7.92. The molecule has 0 atom stereocenters. The monoisotopic (exact) mass is 356 g/mol. The molecule has 0 N–H and O–H groups in total. The molecule has 2 aromatic rings. The Balaban J connectivity index is 1.67. The summed E-state index contributed by atoms with van der Waals surface area (Å²) in [6.45, 7) is 3.42. The van der Waals surface area contributed by atoms with E-state index in [9.17, 15) is 14.9 Å². The number of rotatable bonds is 5. The number of non-ortho nitro benzene ring substituents is 1. The third-order valence-electron chi connectivity index (χ3n) is 4.44. The number of benzene rings is 1. The van der Waals surface area contributed by atoms with Crippen molar-refractivity contribution >= 4 is 11.6 Å². The lowest BCUT2D eigenvalue weighted by atomic mass is 10.1. The van der Waals surface area contributed by atoms with E-state index in [1.807, 2.05) is 12.1 Å². The summed E-state index contributed by atoms with van der Waals surface area (Å²) in [6, 6.07) is 8.04. The smallest absolute Gasteiger partial charge is 0.270 e. The van der Waals surface area contributed by atoms with Crippen LogP contribution in [0.3, 0.4) is 0 Å². The van der Waals surface area contributed by atoms with Gasteiger partial charge in [-0.2, -0.15) is 0 Å². The van der Waals surface area contributed by atoms with Gasteiger partial charge in [0.25, 0.3) is 11.6 Å². The molecule has 2 heterocycles. The molecule has 3 rings (SSSR count). The summed E-state index contributed by atoms with van der Waals surface area (Å²) in [5.41, 5.74) is 1.29. The zero-order valence-electron chi connectivity index (χ0n) is 14.5. The highest BCUT2D eigenvalue weighted by Gasteiger charge is 2.26. The molecule has 26 heavy (non-hydrogen) atoms. The van der Waals surface area contributed by atoms with Gasteiger partial charge in [0.05, 0.1) is 17.6 Å². The maximum Gasteiger partial charge on any atom is 0.270 e. The highest BCUT2D eigenvalue weighted by Crippen LogP contribution is 2.25. The number of pyridine rings is 1. The van der Waals surface area contributed by atoms with Gasteiger partial charge in [0, 0.05) is 57.3 Å². The first-order valence-electron chi connectivity index (χ1n) is 8.31. The van der Waals surface area contributed by atoms with E-state index in [0.717, 1.165) is 19.6 Å². The van der Waals surface area contributed by atoms with Crippen molar-refractivity contribution < 1.29 is 14.5 Å². The zero-order chi connectivity index (χ0) is 18.5. The van der Waals surface area contributed by atoms with E-state index in [1.165, 1.54) is 30.9 Å². The van der Waals surface area contributed by atoms with Crippen molar-refractivity contribution in [3.63, 3.8) is 0 Å². The van der Waals surface area contributed by atoms with Crippen molar-refractivity contribution in [2.75, 3.05) is 33.3 Å². The third kappa shape index (κ3) is 3.97. The van der Waals surface area contributed by atoms with Gasteiger partial charge in [0.2, 0.25) is 0 Å². The number of nitro groups is 1. The van der Waals surface area contributed by atoms with Gasteiger partial charge in [0.1, 0.15) is 5.75 Å². The molecule has 1 saturated heterocycles. The fraction of sp³-hybridized carbons (Fsp3) is 0.333. The van der Waals surface area contributed by atoms with Crippen LogP contribution < -0.4 is 4.74 Å². The number of nitrogens with zero attached hydrogens (tertiary/aromatic N) is 4. The van der Waals surface area contributed by atoms with E-state index in [-0.39, 0.29) is 17.2 Å². The van der Waals surface area contributed by atoms with Crippen molar-refractivity contribution in [1.82, 2.24) is 14.8 Å². The quantitative estimate of drug-likeness (QED) is 0.601. The number of amides is 1. The van der Waals surface area contributed by atoms with Crippen LogP contribution in [0.25, 0.3) is 0 Å². The van der Waals surface area contributed by atoms with Gasteiger partial charge < -0.3 is 9.64 Å². The molecule has 1 aliphatic rings. The van der Waals surface area contributed by atoms with Crippen LogP contribution in [0.15, 0.2) is 42.7 Å². The Kier molecular flexibility index (Phi) is 5.43. The van der Waals surface area contributed by atoms with Gasteiger partial charge in [-0.1, -0.05) is 0 Å². The van der Waals surface area contributed by atoms with Gasteiger partial charge in [0.15, 0.2) is 0 Å². The van der Waals surface area contributed by atoms with Crippen LogP contribution in [0.1, 0.15) is 15.9 Å². The number of ether oxygens (including phenoxy) is 1. The lowest BCUT2D eigenvalue weighted by Crippen LogP contribution is -2.48. The summed E-state index contributed by atoms with van der Waals surface area (Å²) < 4.78 is 5.21. The van der Waals surface area contributed by atoms with Crippen LogP contribution in [0.4, 0.5) is 5.69 Å². The molecule has 0 spiro atoms. The first-order chi connectivity index (χ1) is 12.6. The van der Waals surface area contributed by atoms with E-state index in [2.05, 4.69) is 9.88 Å². The Labute approximate surface area is 151 Å². The fourth-order valence-corrected chi connectivity index (χ4v) is 3.00. The number of methoxy groups -OCH3 is 1. The molecule has 1 fully saturated rings. The maximum atomic E-state index is 12.8. The van der Waals surface area contributed by atoms with Crippen LogP contribution in [-0.2, 0) is 6.54 Å². The summed E-state index contributed by atoms with van der Waals surface area (Å²) in [5, 5.41) is 11.0. The summed E-state index contributed by atoms with van der Waals surface area (Å²) in [4.78, 5) is 31.3. The minimum atomic E-state index is -0.511. The third-order valence-corrected chi connectivity index (χ3v) is 4.44. The standard InChI is InChI=1S/C18H20N4O4/c1-26-17-3-2-15(22(24)25)12-16(17)18(23)21-10-8-20(9-11-21)13-14-4-6-19-7-5-14/h2-7,12H,8-11,13H2,1H3. The average Bonchev–Trinajstić information content (AvgIpc) is 2.68. The lowest BCUT2D eigenvalue weighted by molar-refractivity contribution is -0.384. The molecule has 1 aliphatic heterocycles. The number of nitro benzene ring substituents is 1. The Morgan fingerprint density at radius 3 is 2.50 bits per heavy atom. The highest BCUT2D eigenvalue weighted by atomic mass is 16.6. The van der Waals surface area contributed by atoms with E-state index in [0.29, 0.717) is 18.8 Å². The number of hydrogen-bond acceptors (Lipinski definition) is 6. The minimum Gasteiger partial charge on any atom is -0.496 e. The molecule has 0 unspecified atom stereocenters. The Hall–Kier alpha value is -3.00. The molecule has 0 bridgehead atoms. The van der Waals surface area contributed by atoms with E-state index >= 15 is 0 Å². The molecule has 1 aromatic carbocycles. The number of aromatic nitrogens is 1. The molecule has 0 aliphatic carbocycles. The number of hydrogen-bond donors (Lipinski definition) is 0. The second-order valence-electron chi connectivity index (χ2n) is 6.07. The summed E-state index contributed by atoms with van der Waals surface area (Å²) >= 11 is 0. The van der Waals surface area contributed by atoms with Gasteiger partial charge in [-0.05, 0) is 23.8 Å². The van der Waals surface area contributed by atoms with Crippen LogP contribution >= 0.6 is 0 Å². The first kappa shape index (κ1) is 17.8. The van der Waals surface area contributed by atoms with Crippen molar-refractivity contribution in [2.45, 2.75) is 6.54 Å². The highest BCUT2D eigenvalue weighted by molar-refractivity contribution is 5.97. The molecule has 8 heteroatoms. The minimum absolute atomic E-state index is 0.120. The predicted molar refractivity (Wildman–Crippen MR) is 95.1 cm³/mol. The van der Waals surface area contributed by atoms with E-state index < -0.39 is 4.92 Å². The van der Waals surface area contributed by atoms with Gasteiger partial charge in [-0.25, -0.2) is 0 Å². The molecule has 0 radical (unpaired) electrons. The van der Waals surface area contributed by atoms with Crippen molar-refractivity contribution in [3.05, 3.63) is 64.0 Å². The predicted octanol–water partition coefficient (Wildman–Crippen LogP) is 1.96. The Morgan fingerprint density at radius 2 is 1.88 bits per heavy atom.